The van der Waals surface area contributed by atoms with Crippen molar-refractivity contribution < 1.29 is 14.5 Å². The van der Waals surface area contributed by atoms with E-state index in [9.17, 15) is 14.9 Å². The molecule has 1 unspecified atom stereocenters. The Hall–Kier alpha value is -1.73. The van der Waals surface area contributed by atoms with E-state index in [0.29, 0.717) is 26.3 Å². The third-order valence-electron chi connectivity index (χ3n) is 3.46. The Kier molecular flexibility index (Phi) is 5.08. The fraction of sp³-hybridized carbons (Fsp3) is 0.538. The molecule has 1 amide bonds. The molecule has 0 aromatic carbocycles. The average Bonchev–Trinajstić information content (AvgIpc) is 2.96. The molecular weight excluding hydrogens is 298 g/mol. The van der Waals surface area contributed by atoms with E-state index < -0.39 is 16.5 Å². The predicted octanol–water partition coefficient (Wildman–Crippen LogP) is 2.14. The lowest BCUT2D eigenvalue weighted by atomic mass is 10.1. The van der Waals surface area contributed by atoms with Gasteiger partial charge in [-0.15, -0.1) is 0 Å². The number of rotatable bonds is 5. The van der Waals surface area contributed by atoms with Gasteiger partial charge in [0.25, 0.3) is 5.91 Å². The number of carbonyl (C=O) groups excluding carboxylic acids is 1. The van der Waals surface area contributed by atoms with E-state index >= 15 is 0 Å². The maximum absolute atomic E-state index is 12.5. The zero-order valence-corrected chi connectivity index (χ0v) is 12.4. The topological polar surface area (TPSA) is 85.6 Å². The van der Waals surface area contributed by atoms with Gasteiger partial charge >= 0.3 is 5.69 Å². The van der Waals surface area contributed by atoms with Gasteiger partial charge in [-0.1, -0.05) is 11.6 Å². The summed E-state index contributed by atoms with van der Waals surface area (Å²) in [4.78, 5) is 28.2. The van der Waals surface area contributed by atoms with Crippen molar-refractivity contribution in [2.45, 2.75) is 13.3 Å². The van der Waals surface area contributed by atoms with Crippen molar-refractivity contribution >= 4 is 23.2 Å². The fourth-order valence-electron chi connectivity index (χ4n) is 2.34. The Labute approximate surface area is 127 Å². The smallest absolute Gasteiger partial charge is 0.319 e. The van der Waals surface area contributed by atoms with Crippen LogP contribution in [-0.4, -0.2) is 47.0 Å². The minimum atomic E-state index is -0.672. The molecular formula is C13H16ClN3O4. The average molecular weight is 314 g/mol. The van der Waals surface area contributed by atoms with Gasteiger partial charge in [0.15, 0.2) is 0 Å². The maximum Gasteiger partial charge on any atom is 0.319 e. The highest BCUT2D eigenvalue weighted by Gasteiger charge is 2.29. The molecule has 0 spiro atoms. The Morgan fingerprint density at radius 2 is 2.43 bits per heavy atom. The first kappa shape index (κ1) is 15.7. The van der Waals surface area contributed by atoms with Crippen molar-refractivity contribution in [3.8, 4) is 0 Å². The molecule has 1 saturated heterocycles. The zero-order valence-electron chi connectivity index (χ0n) is 11.6. The molecule has 2 heterocycles. The summed E-state index contributed by atoms with van der Waals surface area (Å²) in [7, 11) is 0. The maximum atomic E-state index is 12.5. The Morgan fingerprint density at radius 1 is 1.67 bits per heavy atom. The molecule has 1 aromatic rings. The van der Waals surface area contributed by atoms with E-state index in [1.165, 1.54) is 12.3 Å². The highest BCUT2D eigenvalue weighted by atomic mass is 35.5. The van der Waals surface area contributed by atoms with Crippen molar-refractivity contribution in [2.24, 2.45) is 5.92 Å². The van der Waals surface area contributed by atoms with Crippen LogP contribution >= 0.6 is 11.6 Å². The zero-order chi connectivity index (χ0) is 15.4. The number of nitro groups is 1. The molecule has 0 bridgehead atoms. The molecule has 2 rings (SSSR count). The minimum Gasteiger partial charge on any atom is -0.381 e. The number of pyridine rings is 1. The summed E-state index contributed by atoms with van der Waals surface area (Å²) in [5, 5.41) is 10.8. The first-order chi connectivity index (χ1) is 10.0. The number of amides is 1. The normalized spacial score (nSPS) is 17.7. The van der Waals surface area contributed by atoms with E-state index in [1.54, 1.807) is 4.90 Å². The van der Waals surface area contributed by atoms with Crippen molar-refractivity contribution in [3.63, 3.8) is 0 Å². The summed E-state index contributed by atoms with van der Waals surface area (Å²) in [6, 6.07) is 1.33. The van der Waals surface area contributed by atoms with Crippen LogP contribution in [-0.2, 0) is 4.74 Å². The van der Waals surface area contributed by atoms with E-state index in [1.807, 2.05) is 6.92 Å². The van der Waals surface area contributed by atoms with Crippen molar-refractivity contribution in [1.82, 2.24) is 9.88 Å². The third-order valence-corrected chi connectivity index (χ3v) is 3.74. The number of carbonyl (C=O) groups is 1. The molecule has 114 valence electrons. The van der Waals surface area contributed by atoms with E-state index in [2.05, 4.69) is 4.98 Å². The molecule has 1 aromatic heterocycles. The lowest BCUT2D eigenvalue weighted by Crippen LogP contribution is -2.35. The molecule has 7 nitrogen and oxygen atoms in total. The van der Waals surface area contributed by atoms with Crippen LogP contribution in [0.3, 0.4) is 0 Å². The Morgan fingerprint density at radius 3 is 3.00 bits per heavy atom. The minimum absolute atomic E-state index is 0.0271. The highest BCUT2D eigenvalue weighted by molar-refractivity contribution is 6.32. The predicted molar refractivity (Wildman–Crippen MR) is 76.4 cm³/mol. The van der Waals surface area contributed by atoms with Crippen LogP contribution in [0.15, 0.2) is 12.3 Å². The van der Waals surface area contributed by atoms with Crippen LogP contribution in [0.1, 0.15) is 23.7 Å². The standard InChI is InChI=1S/C13H16ClN3O4/c1-2-16(7-9-4-6-21-8-9)13(18)10-3-5-15-12(14)11(10)17(19)20/h3,5,9H,2,4,6-8H2,1H3. The summed E-state index contributed by atoms with van der Waals surface area (Å²) in [6.07, 6.45) is 2.19. The quantitative estimate of drug-likeness (QED) is 0.472. The molecule has 0 N–H and O–H groups in total. The van der Waals surface area contributed by atoms with E-state index in [0.717, 1.165) is 6.42 Å². The van der Waals surface area contributed by atoms with Gasteiger partial charge in [0.05, 0.1) is 11.5 Å². The molecule has 21 heavy (non-hydrogen) atoms. The van der Waals surface area contributed by atoms with Crippen LogP contribution in [0.2, 0.25) is 5.15 Å². The summed E-state index contributed by atoms with van der Waals surface area (Å²) in [5.41, 5.74) is -0.467. The van der Waals surface area contributed by atoms with Crippen molar-refractivity contribution in [2.75, 3.05) is 26.3 Å². The second-order valence-corrected chi connectivity index (χ2v) is 5.19. The summed E-state index contributed by atoms with van der Waals surface area (Å²) in [5.74, 6) is -0.134. The van der Waals surface area contributed by atoms with Crippen LogP contribution in [0.4, 0.5) is 5.69 Å². The molecule has 8 heteroatoms. The van der Waals surface area contributed by atoms with E-state index in [-0.39, 0.29) is 16.6 Å². The molecule has 1 aliphatic rings. The van der Waals surface area contributed by atoms with E-state index in [4.69, 9.17) is 16.3 Å². The number of halogens is 1. The van der Waals surface area contributed by atoms with Gasteiger partial charge < -0.3 is 9.64 Å². The third kappa shape index (κ3) is 3.48. The number of hydrogen-bond acceptors (Lipinski definition) is 5. The van der Waals surface area contributed by atoms with Crippen LogP contribution < -0.4 is 0 Å². The summed E-state index contributed by atoms with van der Waals surface area (Å²) < 4.78 is 5.29. The summed E-state index contributed by atoms with van der Waals surface area (Å²) in [6.45, 7) is 4.13. The first-order valence-corrected chi connectivity index (χ1v) is 7.08. The van der Waals surface area contributed by atoms with Gasteiger partial charge in [-0.05, 0) is 19.4 Å². The van der Waals surface area contributed by atoms with Crippen molar-refractivity contribution in [3.05, 3.63) is 33.1 Å². The van der Waals surface area contributed by atoms with Gasteiger partial charge in [-0.2, -0.15) is 0 Å². The second-order valence-electron chi connectivity index (χ2n) is 4.83. The van der Waals surface area contributed by atoms with Crippen LogP contribution in [0.25, 0.3) is 0 Å². The number of hydrogen-bond donors (Lipinski definition) is 0. The molecule has 1 fully saturated rings. The number of nitrogens with zero attached hydrogens (tertiary/aromatic N) is 3. The highest BCUT2D eigenvalue weighted by Crippen LogP contribution is 2.27. The molecule has 0 saturated carbocycles. The Bertz CT molecular complexity index is 546. The number of aromatic nitrogens is 1. The largest absolute Gasteiger partial charge is 0.381 e. The SMILES string of the molecule is CCN(CC1CCOC1)C(=O)c1ccnc(Cl)c1[N+](=O)[O-]. The number of ether oxygens (including phenoxy) is 1. The Balaban J connectivity index is 2.24. The molecule has 0 aliphatic carbocycles. The first-order valence-electron chi connectivity index (χ1n) is 6.70. The van der Waals surface area contributed by atoms with Gasteiger partial charge in [0.1, 0.15) is 5.56 Å². The van der Waals surface area contributed by atoms with Crippen molar-refractivity contribution in [1.29, 1.82) is 0 Å². The monoisotopic (exact) mass is 313 g/mol. The van der Waals surface area contributed by atoms with Gasteiger partial charge in [0, 0.05) is 31.8 Å². The molecule has 0 radical (unpaired) electrons. The van der Waals surface area contributed by atoms with Gasteiger partial charge in [-0.3, -0.25) is 14.9 Å². The van der Waals surface area contributed by atoms with Crippen LogP contribution in [0, 0.1) is 16.0 Å². The second kappa shape index (κ2) is 6.82. The molecule has 1 aliphatic heterocycles. The lowest BCUT2D eigenvalue weighted by Gasteiger charge is -2.23. The molecule has 1 atom stereocenters. The lowest BCUT2D eigenvalue weighted by molar-refractivity contribution is -0.385. The summed E-state index contributed by atoms with van der Waals surface area (Å²) >= 11 is 5.74. The van der Waals surface area contributed by atoms with Gasteiger partial charge in [0.2, 0.25) is 5.15 Å². The van der Waals surface area contributed by atoms with Crippen LogP contribution in [0.5, 0.6) is 0 Å². The fourth-order valence-corrected chi connectivity index (χ4v) is 2.57. The van der Waals surface area contributed by atoms with Gasteiger partial charge in [-0.25, -0.2) is 4.98 Å².